The van der Waals surface area contributed by atoms with Gasteiger partial charge in [0, 0.05) is 18.8 Å². The number of hydrogen-bond donors (Lipinski definition) is 0. The molecule has 0 radical (unpaired) electrons. The first kappa shape index (κ1) is 40.3. The van der Waals surface area contributed by atoms with E-state index in [9.17, 15) is 0 Å². The average molecular weight is 673 g/mol. The van der Waals surface area contributed by atoms with Gasteiger partial charge < -0.3 is 4.90 Å². The van der Waals surface area contributed by atoms with Crippen molar-refractivity contribution in [2.45, 2.75) is 181 Å². The Hall–Kier alpha value is -2.13. The van der Waals surface area contributed by atoms with Gasteiger partial charge in [-0.2, -0.15) is 0 Å². The highest BCUT2D eigenvalue weighted by atomic mass is 32.1. The first-order valence-corrected chi connectivity index (χ1v) is 21.5. The Morgan fingerprint density at radius 3 is 1.33 bits per heavy atom. The molecule has 0 saturated heterocycles. The van der Waals surface area contributed by atoms with E-state index in [0.717, 1.165) is 10.5 Å². The number of rotatable bonds is 31. The van der Waals surface area contributed by atoms with Crippen LogP contribution < -0.4 is 4.90 Å². The van der Waals surface area contributed by atoms with Crippen LogP contribution in [0.3, 0.4) is 0 Å². The molecule has 0 saturated carbocycles. The summed E-state index contributed by atoms with van der Waals surface area (Å²) in [6, 6.07) is 17.7. The fraction of sp³-hybridized carbons (Fsp3) is 0.667. The number of hydrogen-bond acceptors (Lipinski definition) is 3. The number of benzene rings is 2. The summed E-state index contributed by atoms with van der Waals surface area (Å²) in [5.41, 5.74) is 3.73. The third-order valence-corrected chi connectivity index (χ3v) is 11.1. The van der Waals surface area contributed by atoms with Crippen LogP contribution in [0.25, 0.3) is 22.4 Å². The predicted octanol–water partition coefficient (Wildman–Crippen LogP) is 15.5. The topological polar surface area (TPSA) is 16.1 Å². The van der Waals surface area contributed by atoms with Gasteiger partial charge in [0.05, 0.1) is 10.2 Å². The number of anilines is 1. The van der Waals surface area contributed by atoms with E-state index in [0.29, 0.717) is 0 Å². The van der Waals surface area contributed by atoms with Gasteiger partial charge in [-0.3, -0.25) is 0 Å². The number of para-hydroxylation sites is 1. The predicted molar refractivity (Wildman–Crippen MR) is 219 cm³/mol. The van der Waals surface area contributed by atoms with Gasteiger partial charge in [0.1, 0.15) is 5.01 Å². The summed E-state index contributed by atoms with van der Waals surface area (Å²) >= 11 is 1.76. The van der Waals surface area contributed by atoms with E-state index in [1.54, 1.807) is 11.3 Å². The molecule has 268 valence electrons. The molecule has 48 heavy (non-hydrogen) atoms. The van der Waals surface area contributed by atoms with Gasteiger partial charge >= 0.3 is 0 Å². The van der Waals surface area contributed by atoms with Crippen molar-refractivity contribution in [3.8, 4) is 0 Å². The average Bonchev–Trinajstić information content (AvgIpc) is 3.54. The number of aromatic nitrogens is 1. The van der Waals surface area contributed by atoms with Crippen molar-refractivity contribution in [2.24, 2.45) is 0 Å². The van der Waals surface area contributed by atoms with Gasteiger partial charge in [-0.15, -0.1) is 11.3 Å². The lowest BCUT2D eigenvalue weighted by atomic mass is 10.0. The van der Waals surface area contributed by atoms with Gasteiger partial charge in [0.15, 0.2) is 0 Å². The van der Waals surface area contributed by atoms with Crippen molar-refractivity contribution in [1.82, 2.24) is 4.98 Å². The molecule has 3 rings (SSSR count). The first-order chi connectivity index (χ1) is 23.8. The second-order valence-corrected chi connectivity index (χ2v) is 15.5. The standard InChI is InChI=1S/C45H72N2S/c1-3-5-7-9-11-13-15-16-17-18-19-20-22-24-26-30-40-47(39-29-25-23-21-14-12-10-8-6-4-2)42-36-33-41(34-37-42)35-38-45-46-43-31-27-28-32-44(43)48-45/h27-28,31-38H,3-26,29-30,39-40H2,1-2H3. The van der Waals surface area contributed by atoms with Crippen molar-refractivity contribution >= 4 is 39.4 Å². The van der Waals surface area contributed by atoms with Crippen molar-refractivity contribution < 1.29 is 0 Å². The van der Waals surface area contributed by atoms with Crippen LogP contribution in [0, 0.1) is 0 Å². The van der Waals surface area contributed by atoms with E-state index < -0.39 is 0 Å². The molecule has 1 heterocycles. The third kappa shape index (κ3) is 18.6. The maximum atomic E-state index is 4.77. The third-order valence-electron chi connectivity index (χ3n) is 10.1. The van der Waals surface area contributed by atoms with Crippen LogP contribution in [0.2, 0.25) is 0 Å². The fourth-order valence-electron chi connectivity index (χ4n) is 6.94. The van der Waals surface area contributed by atoms with E-state index in [4.69, 9.17) is 4.98 Å². The molecule has 0 N–H and O–H groups in total. The molecule has 0 amide bonds. The van der Waals surface area contributed by atoms with Crippen LogP contribution in [0.15, 0.2) is 48.5 Å². The summed E-state index contributed by atoms with van der Waals surface area (Å²) in [6.07, 6.45) is 41.2. The second kappa shape index (κ2) is 27.7. The lowest BCUT2D eigenvalue weighted by Crippen LogP contribution is -2.25. The van der Waals surface area contributed by atoms with Crippen LogP contribution in [0.5, 0.6) is 0 Å². The molecular formula is C45H72N2S. The van der Waals surface area contributed by atoms with Gasteiger partial charge in [-0.1, -0.05) is 198 Å². The monoisotopic (exact) mass is 673 g/mol. The Balaban J connectivity index is 1.33. The highest BCUT2D eigenvalue weighted by Gasteiger charge is 2.07. The largest absolute Gasteiger partial charge is 0.372 e. The van der Waals surface area contributed by atoms with E-state index in [2.05, 4.69) is 79.4 Å². The van der Waals surface area contributed by atoms with E-state index in [1.807, 2.05) is 0 Å². The number of thiazole rings is 1. The lowest BCUT2D eigenvalue weighted by Gasteiger charge is -2.25. The molecule has 2 nitrogen and oxygen atoms in total. The van der Waals surface area contributed by atoms with Gasteiger partial charge in [-0.05, 0) is 48.7 Å². The molecule has 3 aromatic rings. The molecule has 0 spiro atoms. The summed E-state index contributed by atoms with van der Waals surface area (Å²) in [5, 5.41) is 1.08. The van der Waals surface area contributed by atoms with E-state index in [1.165, 1.54) is 196 Å². The van der Waals surface area contributed by atoms with Crippen LogP contribution in [-0.2, 0) is 0 Å². The first-order valence-electron chi connectivity index (χ1n) is 20.7. The molecule has 2 aromatic carbocycles. The summed E-state index contributed by atoms with van der Waals surface area (Å²) in [4.78, 5) is 7.44. The summed E-state index contributed by atoms with van der Waals surface area (Å²) in [6.45, 7) is 6.99. The summed E-state index contributed by atoms with van der Waals surface area (Å²) in [5.74, 6) is 0. The number of unbranched alkanes of at least 4 members (excludes halogenated alkanes) is 24. The smallest absolute Gasteiger partial charge is 0.117 e. The molecule has 0 atom stereocenters. The lowest BCUT2D eigenvalue weighted by molar-refractivity contribution is 0.527. The van der Waals surface area contributed by atoms with Gasteiger partial charge in [0.2, 0.25) is 0 Å². The minimum atomic E-state index is 1.08. The maximum Gasteiger partial charge on any atom is 0.117 e. The van der Waals surface area contributed by atoms with Gasteiger partial charge in [0.25, 0.3) is 0 Å². The number of fused-ring (bicyclic) bond motifs is 1. The second-order valence-electron chi connectivity index (χ2n) is 14.4. The Bertz CT molecular complexity index is 1150. The minimum Gasteiger partial charge on any atom is -0.372 e. The van der Waals surface area contributed by atoms with Crippen LogP contribution in [-0.4, -0.2) is 18.1 Å². The Morgan fingerprint density at radius 1 is 0.479 bits per heavy atom. The zero-order valence-corrected chi connectivity index (χ0v) is 32.2. The molecule has 0 bridgehead atoms. The molecule has 1 aromatic heterocycles. The summed E-state index contributed by atoms with van der Waals surface area (Å²) < 4.78 is 1.25. The molecule has 0 unspecified atom stereocenters. The zero-order chi connectivity index (χ0) is 33.7. The molecule has 0 fully saturated rings. The Labute approximate surface area is 301 Å². The Kier molecular flexibility index (Phi) is 23.2. The van der Waals surface area contributed by atoms with E-state index >= 15 is 0 Å². The van der Waals surface area contributed by atoms with Gasteiger partial charge in [-0.25, -0.2) is 4.98 Å². The van der Waals surface area contributed by atoms with Crippen molar-refractivity contribution in [2.75, 3.05) is 18.0 Å². The van der Waals surface area contributed by atoms with Crippen LogP contribution in [0.1, 0.15) is 191 Å². The number of nitrogens with zero attached hydrogens (tertiary/aromatic N) is 2. The van der Waals surface area contributed by atoms with E-state index in [-0.39, 0.29) is 0 Å². The maximum absolute atomic E-state index is 4.77. The summed E-state index contributed by atoms with van der Waals surface area (Å²) in [7, 11) is 0. The highest BCUT2D eigenvalue weighted by Crippen LogP contribution is 2.24. The Morgan fingerprint density at radius 2 is 0.896 bits per heavy atom. The van der Waals surface area contributed by atoms with Crippen molar-refractivity contribution in [3.63, 3.8) is 0 Å². The van der Waals surface area contributed by atoms with Crippen molar-refractivity contribution in [3.05, 3.63) is 59.1 Å². The SMILES string of the molecule is CCCCCCCCCCCCCCCCCCN(CCCCCCCCCCCC)c1ccc(C=Cc2nc3ccccc3s2)cc1. The molecule has 0 aliphatic carbocycles. The normalized spacial score (nSPS) is 11.7. The minimum absolute atomic E-state index is 1.08. The zero-order valence-electron chi connectivity index (χ0n) is 31.4. The van der Waals surface area contributed by atoms with Crippen LogP contribution in [0.4, 0.5) is 5.69 Å². The highest BCUT2D eigenvalue weighted by molar-refractivity contribution is 7.19. The fourth-order valence-corrected chi connectivity index (χ4v) is 7.81. The molecular weight excluding hydrogens is 601 g/mol. The molecule has 3 heteroatoms. The molecule has 0 aliphatic rings. The molecule has 0 aliphatic heterocycles. The quantitative estimate of drug-likeness (QED) is 0.0632. The van der Waals surface area contributed by atoms with Crippen LogP contribution >= 0.6 is 11.3 Å². The van der Waals surface area contributed by atoms with Crippen molar-refractivity contribution in [1.29, 1.82) is 0 Å².